The molecule has 1 aliphatic rings. The van der Waals surface area contributed by atoms with Crippen LogP contribution in [0.25, 0.3) is 0 Å². The number of aliphatic hydroxyl groups is 1. The molecular formula is C16H25NO. The Morgan fingerprint density at radius 3 is 2.50 bits per heavy atom. The van der Waals surface area contributed by atoms with Crippen molar-refractivity contribution in [3.05, 3.63) is 35.4 Å². The van der Waals surface area contributed by atoms with E-state index < -0.39 is 0 Å². The van der Waals surface area contributed by atoms with Gasteiger partial charge < -0.3 is 5.11 Å². The van der Waals surface area contributed by atoms with Gasteiger partial charge in [-0.05, 0) is 51.6 Å². The van der Waals surface area contributed by atoms with Crippen LogP contribution < -0.4 is 0 Å². The first-order valence-corrected chi connectivity index (χ1v) is 6.93. The van der Waals surface area contributed by atoms with Gasteiger partial charge >= 0.3 is 0 Å². The third-order valence-electron chi connectivity index (χ3n) is 4.20. The van der Waals surface area contributed by atoms with Crippen molar-refractivity contribution in [2.45, 2.75) is 45.7 Å². The van der Waals surface area contributed by atoms with Crippen molar-refractivity contribution in [3.63, 3.8) is 0 Å². The summed E-state index contributed by atoms with van der Waals surface area (Å²) in [5, 5.41) is 9.31. The Morgan fingerprint density at radius 2 is 1.94 bits per heavy atom. The lowest BCUT2D eigenvalue weighted by Gasteiger charge is -2.45. The second-order valence-corrected chi connectivity index (χ2v) is 6.26. The molecule has 18 heavy (non-hydrogen) atoms. The van der Waals surface area contributed by atoms with Gasteiger partial charge in [-0.25, -0.2) is 0 Å². The summed E-state index contributed by atoms with van der Waals surface area (Å²) < 4.78 is 0. The van der Waals surface area contributed by atoms with Gasteiger partial charge in [0.2, 0.25) is 0 Å². The van der Waals surface area contributed by atoms with E-state index in [1.54, 1.807) is 0 Å². The highest BCUT2D eigenvalue weighted by atomic mass is 16.3. The van der Waals surface area contributed by atoms with Gasteiger partial charge in [-0.1, -0.05) is 29.8 Å². The second kappa shape index (κ2) is 5.41. The van der Waals surface area contributed by atoms with Gasteiger partial charge in [0.15, 0.2) is 0 Å². The number of likely N-dealkylation sites (tertiary alicyclic amines) is 1. The first-order chi connectivity index (χ1) is 8.51. The van der Waals surface area contributed by atoms with Crippen molar-refractivity contribution in [1.29, 1.82) is 0 Å². The summed E-state index contributed by atoms with van der Waals surface area (Å²) in [5.41, 5.74) is 2.89. The molecule has 1 saturated heterocycles. The van der Waals surface area contributed by atoms with Crippen molar-refractivity contribution >= 4 is 0 Å². The average Bonchev–Trinajstić information content (AvgIpc) is 2.34. The van der Waals surface area contributed by atoms with Gasteiger partial charge in [0, 0.05) is 18.7 Å². The fourth-order valence-corrected chi connectivity index (χ4v) is 2.94. The third-order valence-corrected chi connectivity index (χ3v) is 4.20. The number of nitrogens with zero attached hydrogens (tertiary/aromatic N) is 1. The standard InChI is InChI=1S/C16H25NO/c1-13-4-6-14(7-5-13)11-17-9-8-15(12-18)10-16(17,2)3/h4-7,15,18H,8-12H2,1-3H3. The zero-order valence-electron chi connectivity index (χ0n) is 11.8. The number of hydrogen-bond donors (Lipinski definition) is 1. The summed E-state index contributed by atoms with van der Waals surface area (Å²) in [7, 11) is 0. The molecule has 0 spiro atoms. The molecule has 0 saturated carbocycles. The molecule has 1 atom stereocenters. The molecule has 1 aromatic rings. The Hall–Kier alpha value is -0.860. The van der Waals surface area contributed by atoms with Gasteiger partial charge in [0.25, 0.3) is 0 Å². The van der Waals surface area contributed by atoms with Crippen molar-refractivity contribution in [1.82, 2.24) is 4.90 Å². The van der Waals surface area contributed by atoms with Crippen LogP contribution in [0.5, 0.6) is 0 Å². The minimum Gasteiger partial charge on any atom is -0.396 e. The Kier molecular flexibility index (Phi) is 4.08. The van der Waals surface area contributed by atoms with Gasteiger partial charge in [-0.15, -0.1) is 0 Å². The van der Waals surface area contributed by atoms with E-state index in [1.165, 1.54) is 11.1 Å². The second-order valence-electron chi connectivity index (χ2n) is 6.26. The molecule has 1 fully saturated rings. The SMILES string of the molecule is Cc1ccc(CN2CCC(CO)CC2(C)C)cc1. The van der Waals surface area contributed by atoms with E-state index in [-0.39, 0.29) is 5.54 Å². The Balaban J connectivity index is 2.03. The van der Waals surface area contributed by atoms with Gasteiger partial charge in [0.1, 0.15) is 0 Å². The summed E-state index contributed by atoms with van der Waals surface area (Å²) in [6, 6.07) is 8.82. The summed E-state index contributed by atoms with van der Waals surface area (Å²) in [4.78, 5) is 2.55. The molecule has 0 amide bonds. The molecule has 1 unspecified atom stereocenters. The van der Waals surface area contributed by atoms with Crippen molar-refractivity contribution < 1.29 is 5.11 Å². The van der Waals surface area contributed by atoms with Crippen molar-refractivity contribution in [3.8, 4) is 0 Å². The first-order valence-electron chi connectivity index (χ1n) is 6.93. The molecule has 0 aliphatic carbocycles. The van der Waals surface area contributed by atoms with Crippen LogP contribution in [-0.4, -0.2) is 28.7 Å². The quantitative estimate of drug-likeness (QED) is 0.887. The van der Waals surface area contributed by atoms with Crippen LogP contribution in [-0.2, 0) is 6.54 Å². The summed E-state index contributed by atoms with van der Waals surface area (Å²) >= 11 is 0. The smallest absolute Gasteiger partial charge is 0.0460 e. The van der Waals surface area contributed by atoms with Crippen LogP contribution in [0.2, 0.25) is 0 Å². The lowest BCUT2D eigenvalue weighted by atomic mass is 9.83. The molecule has 0 aromatic heterocycles. The van der Waals surface area contributed by atoms with Gasteiger partial charge in [0.05, 0.1) is 0 Å². The van der Waals surface area contributed by atoms with Crippen LogP contribution in [0, 0.1) is 12.8 Å². The monoisotopic (exact) mass is 247 g/mol. The molecule has 1 heterocycles. The third kappa shape index (κ3) is 3.12. The molecule has 0 bridgehead atoms. The number of aliphatic hydroxyl groups excluding tert-OH is 1. The highest BCUT2D eigenvalue weighted by Gasteiger charge is 2.34. The molecular weight excluding hydrogens is 222 g/mol. The van der Waals surface area contributed by atoms with E-state index in [2.05, 4.69) is 49.9 Å². The minimum atomic E-state index is 0.191. The zero-order chi connectivity index (χ0) is 13.2. The van der Waals surface area contributed by atoms with Crippen LogP contribution in [0.15, 0.2) is 24.3 Å². The molecule has 1 aliphatic heterocycles. The molecule has 1 aromatic carbocycles. The molecule has 2 rings (SSSR count). The molecule has 1 N–H and O–H groups in total. The van der Waals surface area contributed by atoms with Crippen LogP contribution in [0.3, 0.4) is 0 Å². The summed E-state index contributed by atoms with van der Waals surface area (Å²) in [6.07, 6.45) is 2.21. The van der Waals surface area contributed by atoms with E-state index in [9.17, 15) is 5.11 Å². The van der Waals surface area contributed by atoms with E-state index in [0.29, 0.717) is 12.5 Å². The first kappa shape index (κ1) is 13.6. The topological polar surface area (TPSA) is 23.5 Å². The number of piperidine rings is 1. The average molecular weight is 247 g/mol. The lowest BCUT2D eigenvalue weighted by molar-refractivity contribution is 0.0216. The Bertz CT molecular complexity index is 383. The zero-order valence-corrected chi connectivity index (χ0v) is 11.8. The fraction of sp³-hybridized carbons (Fsp3) is 0.625. The van der Waals surface area contributed by atoms with Crippen LogP contribution in [0.4, 0.5) is 0 Å². The summed E-state index contributed by atoms with van der Waals surface area (Å²) in [6.45, 7) is 9.16. The summed E-state index contributed by atoms with van der Waals surface area (Å²) in [5.74, 6) is 0.481. The van der Waals surface area contributed by atoms with E-state index >= 15 is 0 Å². The normalized spacial score (nSPS) is 24.1. The minimum absolute atomic E-state index is 0.191. The number of hydrogen-bond acceptors (Lipinski definition) is 2. The Labute approximate surface area is 111 Å². The molecule has 0 radical (unpaired) electrons. The van der Waals surface area contributed by atoms with Gasteiger partial charge in [-0.3, -0.25) is 4.90 Å². The number of aryl methyl sites for hydroxylation is 1. The van der Waals surface area contributed by atoms with E-state index in [4.69, 9.17) is 0 Å². The van der Waals surface area contributed by atoms with Crippen molar-refractivity contribution in [2.24, 2.45) is 5.92 Å². The highest BCUT2D eigenvalue weighted by molar-refractivity contribution is 5.21. The van der Waals surface area contributed by atoms with Crippen LogP contribution in [0.1, 0.15) is 37.8 Å². The maximum Gasteiger partial charge on any atom is 0.0460 e. The Morgan fingerprint density at radius 1 is 1.28 bits per heavy atom. The lowest BCUT2D eigenvalue weighted by Crippen LogP contribution is -2.49. The van der Waals surface area contributed by atoms with Crippen molar-refractivity contribution in [2.75, 3.05) is 13.2 Å². The predicted octanol–water partition coefficient (Wildman–Crippen LogP) is 2.98. The maximum atomic E-state index is 9.31. The molecule has 100 valence electrons. The number of rotatable bonds is 3. The fourth-order valence-electron chi connectivity index (χ4n) is 2.94. The molecule has 2 heteroatoms. The van der Waals surface area contributed by atoms with E-state index in [0.717, 1.165) is 25.9 Å². The number of benzene rings is 1. The van der Waals surface area contributed by atoms with Crippen LogP contribution >= 0.6 is 0 Å². The van der Waals surface area contributed by atoms with E-state index in [1.807, 2.05) is 0 Å². The highest BCUT2D eigenvalue weighted by Crippen LogP contribution is 2.32. The maximum absolute atomic E-state index is 9.31. The molecule has 2 nitrogen and oxygen atoms in total. The van der Waals surface area contributed by atoms with Gasteiger partial charge in [-0.2, -0.15) is 0 Å². The largest absolute Gasteiger partial charge is 0.396 e. The predicted molar refractivity (Wildman–Crippen MR) is 75.5 cm³/mol.